The number of hydroxylamine groups is 1. The molecule has 1 aromatic rings. The number of likely N-dealkylation sites (tertiary alicyclic amines) is 1. The quantitative estimate of drug-likeness (QED) is 0.534. The van der Waals surface area contributed by atoms with Crippen LogP contribution in [0.3, 0.4) is 0 Å². The number of carbonyl (C=O) groups is 2. The van der Waals surface area contributed by atoms with Crippen LogP contribution < -0.4 is 10.8 Å². The van der Waals surface area contributed by atoms with Crippen molar-refractivity contribution in [3.8, 4) is 0 Å². The normalized spacial score (nSPS) is 19.0. The number of rotatable bonds is 9. The summed E-state index contributed by atoms with van der Waals surface area (Å²) in [6.07, 6.45) is 11.6. The Balaban J connectivity index is 1.61. The Labute approximate surface area is 177 Å². The molecule has 1 aromatic heterocycles. The van der Waals surface area contributed by atoms with Gasteiger partial charge in [-0.1, -0.05) is 32.3 Å². The minimum Gasteiger partial charge on any atom is -0.319 e. The first kappa shape index (κ1) is 22.0. The van der Waals surface area contributed by atoms with Gasteiger partial charge in [0.15, 0.2) is 0 Å². The van der Waals surface area contributed by atoms with Crippen LogP contribution in [-0.4, -0.2) is 62.6 Å². The van der Waals surface area contributed by atoms with E-state index in [1.54, 1.807) is 28.3 Å². The highest BCUT2D eigenvalue weighted by Crippen LogP contribution is 2.29. The molecular weight excluding hydrogens is 384 g/mol. The van der Waals surface area contributed by atoms with Gasteiger partial charge in [0, 0.05) is 31.2 Å². The SMILES string of the molecule is C=C(CN(CCCC1CCCC1)C(=O)N1CCC[C@H]1C(=O)Nc1ncccn1)NO. The third-order valence-electron chi connectivity index (χ3n) is 5.93. The Hall–Kier alpha value is -2.68. The van der Waals surface area contributed by atoms with Crippen molar-refractivity contribution in [1.29, 1.82) is 0 Å². The lowest BCUT2D eigenvalue weighted by atomic mass is 10.0. The van der Waals surface area contributed by atoms with Crippen LogP contribution in [-0.2, 0) is 4.79 Å². The third kappa shape index (κ3) is 5.91. The minimum absolute atomic E-state index is 0.201. The molecule has 0 bridgehead atoms. The van der Waals surface area contributed by atoms with Crippen molar-refractivity contribution in [3.63, 3.8) is 0 Å². The summed E-state index contributed by atoms with van der Waals surface area (Å²) >= 11 is 0. The van der Waals surface area contributed by atoms with Crippen molar-refractivity contribution in [2.75, 3.05) is 25.0 Å². The fraction of sp³-hybridized carbons (Fsp3) is 0.619. The van der Waals surface area contributed by atoms with E-state index in [1.807, 2.05) is 5.48 Å². The number of nitrogens with one attached hydrogen (secondary N) is 2. The van der Waals surface area contributed by atoms with Crippen molar-refractivity contribution in [2.24, 2.45) is 5.92 Å². The largest absolute Gasteiger partial charge is 0.321 e. The van der Waals surface area contributed by atoms with Gasteiger partial charge in [-0.25, -0.2) is 14.8 Å². The van der Waals surface area contributed by atoms with Crippen LogP contribution in [0.15, 0.2) is 30.7 Å². The molecule has 3 rings (SSSR count). The fourth-order valence-electron chi connectivity index (χ4n) is 4.38. The molecule has 30 heavy (non-hydrogen) atoms. The van der Waals surface area contributed by atoms with Gasteiger partial charge in [-0.2, -0.15) is 0 Å². The Morgan fingerprint density at radius 1 is 1.20 bits per heavy atom. The minimum atomic E-state index is -0.561. The maximum Gasteiger partial charge on any atom is 0.321 e. The molecule has 1 saturated carbocycles. The first-order valence-electron chi connectivity index (χ1n) is 10.8. The van der Waals surface area contributed by atoms with E-state index in [-0.39, 0.29) is 24.4 Å². The molecule has 9 nitrogen and oxygen atoms in total. The van der Waals surface area contributed by atoms with Crippen LogP contribution >= 0.6 is 0 Å². The van der Waals surface area contributed by atoms with E-state index in [2.05, 4.69) is 21.9 Å². The van der Waals surface area contributed by atoms with Crippen LogP contribution in [0, 0.1) is 5.92 Å². The zero-order chi connectivity index (χ0) is 21.3. The molecule has 0 spiro atoms. The molecule has 3 amide bonds. The zero-order valence-electron chi connectivity index (χ0n) is 17.4. The van der Waals surface area contributed by atoms with E-state index in [0.29, 0.717) is 25.2 Å². The number of hydrogen-bond donors (Lipinski definition) is 3. The van der Waals surface area contributed by atoms with Crippen LogP contribution in [0.1, 0.15) is 51.4 Å². The molecule has 1 aliphatic heterocycles. The molecule has 9 heteroatoms. The zero-order valence-corrected chi connectivity index (χ0v) is 17.4. The van der Waals surface area contributed by atoms with E-state index < -0.39 is 6.04 Å². The average molecular weight is 417 g/mol. The molecule has 2 fully saturated rings. The lowest BCUT2D eigenvalue weighted by Crippen LogP contribution is -2.50. The number of urea groups is 1. The summed E-state index contributed by atoms with van der Waals surface area (Å²) < 4.78 is 0. The number of hydrogen-bond acceptors (Lipinski definition) is 6. The van der Waals surface area contributed by atoms with Crippen LogP contribution in [0.4, 0.5) is 10.7 Å². The van der Waals surface area contributed by atoms with Gasteiger partial charge in [-0.15, -0.1) is 0 Å². The van der Waals surface area contributed by atoms with Gasteiger partial charge in [0.25, 0.3) is 0 Å². The number of nitrogens with zero attached hydrogens (tertiary/aromatic N) is 4. The monoisotopic (exact) mass is 416 g/mol. The molecular formula is C21H32N6O3. The first-order valence-corrected chi connectivity index (χ1v) is 10.8. The molecule has 0 unspecified atom stereocenters. The maximum absolute atomic E-state index is 13.3. The summed E-state index contributed by atoms with van der Waals surface area (Å²) in [5.74, 6) is 0.697. The van der Waals surface area contributed by atoms with E-state index in [1.165, 1.54) is 25.7 Å². The predicted octanol–water partition coefficient (Wildman–Crippen LogP) is 2.76. The second kappa shape index (κ2) is 10.9. The summed E-state index contributed by atoms with van der Waals surface area (Å²) in [5, 5.41) is 11.9. The number of aromatic nitrogens is 2. The number of anilines is 1. The Kier molecular flexibility index (Phi) is 8.01. The highest BCUT2D eigenvalue weighted by molar-refractivity contribution is 5.96. The summed E-state index contributed by atoms with van der Waals surface area (Å²) in [6, 6.07) is 0.908. The fourth-order valence-corrected chi connectivity index (χ4v) is 4.38. The molecule has 164 valence electrons. The van der Waals surface area contributed by atoms with E-state index in [0.717, 1.165) is 25.2 Å². The van der Waals surface area contributed by atoms with Crippen molar-refractivity contribution >= 4 is 17.9 Å². The summed E-state index contributed by atoms with van der Waals surface area (Å²) in [5.41, 5.74) is 2.39. The van der Waals surface area contributed by atoms with Crippen LogP contribution in [0.2, 0.25) is 0 Å². The summed E-state index contributed by atoms with van der Waals surface area (Å²) in [6.45, 7) is 5.04. The molecule has 1 aliphatic carbocycles. The van der Waals surface area contributed by atoms with E-state index in [9.17, 15) is 9.59 Å². The van der Waals surface area contributed by atoms with Gasteiger partial charge in [0.2, 0.25) is 11.9 Å². The predicted molar refractivity (Wildman–Crippen MR) is 113 cm³/mol. The topological polar surface area (TPSA) is 111 Å². The standard InChI is InChI=1S/C21H32N6O3/c1-16(25-30)15-26(13-4-9-17-7-2-3-8-17)21(29)27-14-5-10-18(27)19(28)24-20-22-11-6-12-23-20/h6,11-12,17-18,25,30H,1-5,7-10,13-15H2,(H,22,23,24,28)/t18-/m0/s1. The molecule has 0 radical (unpaired) electrons. The van der Waals surface area contributed by atoms with Gasteiger partial charge in [-0.3, -0.25) is 20.8 Å². The third-order valence-corrected chi connectivity index (χ3v) is 5.93. The maximum atomic E-state index is 13.3. The lowest BCUT2D eigenvalue weighted by molar-refractivity contribution is -0.119. The van der Waals surface area contributed by atoms with E-state index >= 15 is 0 Å². The summed E-state index contributed by atoms with van der Waals surface area (Å²) in [7, 11) is 0. The molecule has 0 aromatic carbocycles. The highest BCUT2D eigenvalue weighted by atomic mass is 16.5. The molecule has 1 saturated heterocycles. The van der Waals surface area contributed by atoms with Crippen molar-refractivity contribution in [3.05, 3.63) is 30.7 Å². The average Bonchev–Trinajstić information content (AvgIpc) is 3.45. The second-order valence-electron chi connectivity index (χ2n) is 8.13. The van der Waals surface area contributed by atoms with Crippen LogP contribution in [0.25, 0.3) is 0 Å². The van der Waals surface area contributed by atoms with Crippen LogP contribution in [0.5, 0.6) is 0 Å². The van der Waals surface area contributed by atoms with Gasteiger partial charge < -0.3 is 9.80 Å². The van der Waals surface area contributed by atoms with Gasteiger partial charge in [0.1, 0.15) is 6.04 Å². The van der Waals surface area contributed by atoms with Gasteiger partial charge >= 0.3 is 6.03 Å². The Morgan fingerprint density at radius 2 is 1.93 bits per heavy atom. The van der Waals surface area contributed by atoms with Crippen molar-refractivity contribution < 1.29 is 14.8 Å². The van der Waals surface area contributed by atoms with Gasteiger partial charge in [0.05, 0.1) is 6.54 Å². The van der Waals surface area contributed by atoms with Crippen molar-refractivity contribution in [2.45, 2.75) is 57.4 Å². The molecule has 1 atom stereocenters. The van der Waals surface area contributed by atoms with Gasteiger partial charge in [-0.05, 0) is 37.7 Å². The number of carbonyl (C=O) groups excluding carboxylic acids is 2. The molecule has 2 heterocycles. The van der Waals surface area contributed by atoms with Crippen molar-refractivity contribution in [1.82, 2.24) is 25.2 Å². The Morgan fingerprint density at radius 3 is 2.63 bits per heavy atom. The highest BCUT2D eigenvalue weighted by Gasteiger charge is 2.36. The lowest BCUT2D eigenvalue weighted by Gasteiger charge is -2.31. The number of amides is 3. The second-order valence-corrected chi connectivity index (χ2v) is 8.13. The Bertz CT molecular complexity index is 723. The molecule has 3 N–H and O–H groups in total. The summed E-state index contributed by atoms with van der Waals surface area (Å²) in [4.78, 5) is 37.3. The smallest absolute Gasteiger partial charge is 0.319 e. The first-order chi connectivity index (χ1) is 14.6. The molecule has 2 aliphatic rings. The van der Waals surface area contributed by atoms with E-state index in [4.69, 9.17) is 5.21 Å².